The molecular weight excluding hydrogens is 488 g/mol. The zero-order valence-corrected chi connectivity index (χ0v) is 18.8. The lowest BCUT2D eigenvalue weighted by atomic mass is 10.2. The van der Waals surface area contributed by atoms with Crippen LogP contribution in [0.3, 0.4) is 0 Å². The van der Waals surface area contributed by atoms with E-state index in [0.29, 0.717) is 42.7 Å². The fraction of sp³-hybridized carbons (Fsp3) is 0.0476. The molecule has 2 aromatic carbocycles. The SMILES string of the molecule is O=C1S/C(=C/c2ccc(-c3cc(Cl)ccc3Cl)o2)C(=O)N1Cc1ccc(Cl)c(Cl)c1. The van der Waals surface area contributed by atoms with Crippen molar-refractivity contribution in [2.45, 2.75) is 6.54 Å². The fourth-order valence-electron chi connectivity index (χ4n) is 2.85. The first kappa shape index (κ1) is 21.3. The lowest BCUT2D eigenvalue weighted by molar-refractivity contribution is -0.123. The Morgan fingerprint density at radius 1 is 0.900 bits per heavy atom. The third-order valence-corrected chi connectivity index (χ3v) is 6.50. The van der Waals surface area contributed by atoms with Crippen LogP contribution in [0.1, 0.15) is 11.3 Å². The van der Waals surface area contributed by atoms with Gasteiger partial charge in [-0.15, -0.1) is 0 Å². The maximum atomic E-state index is 12.7. The number of imide groups is 1. The second-order valence-corrected chi connectivity index (χ2v) is 8.99. The van der Waals surface area contributed by atoms with Crippen molar-refractivity contribution in [2.24, 2.45) is 0 Å². The number of carbonyl (C=O) groups excluding carboxylic acids is 2. The number of halogens is 4. The van der Waals surface area contributed by atoms with E-state index in [4.69, 9.17) is 50.8 Å². The number of benzene rings is 2. The summed E-state index contributed by atoms with van der Waals surface area (Å²) >= 11 is 25.0. The largest absolute Gasteiger partial charge is 0.457 e. The van der Waals surface area contributed by atoms with Gasteiger partial charge < -0.3 is 4.42 Å². The van der Waals surface area contributed by atoms with Crippen molar-refractivity contribution in [3.8, 4) is 11.3 Å². The predicted molar refractivity (Wildman–Crippen MR) is 122 cm³/mol. The van der Waals surface area contributed by atoms with Crippen molar-refractivity contribution in [3.63, 3.8) is 0 Å². The van der Waals surface area contributed by atoms with Crippen LogP contribution in [-0.4, -0.2) is 16.0 Å². The summed E-state index contributed by atoms with van der Waals surface area (Å²) < 4.78 is 5.79. The van der Waals surface area contributed by atoms with Crippen molar-refractivity contribution in [1.82, 2.24) is 4.90 Å². The number of nitrogens with zero attached hydrogens (tertiary/aromatic N) is 1. The summed E-state index contributed by atoms with van der Waals surface area (Å²) in [7, 11) is 0. The van der Waals surface area contributed by atoms with Crippen molar-refractivity contribution in [3.05, 3.63) is 84.9 Å². The number of hydrogen-bond acceptors (Lipinski definition) is 4. The number of hydrogen-bond donors (Lipinski definition) is 0. The van der Waals surface area contributed by atoms with E-state index in [1.807, 2.05) is 0 Å². The molecule has 4 nitrogen and oxygen atoms in total. The molecule has 1 aromatic heterocycles. The van der Waals surface area contributed by atoms with Crippen molar-refractivity contribution in [1.29, 1.82) is 0 Å². The van der Waals surface area contributed by atoms with E-state index < -0.39 is 5.91 Å². The van der Waals surface area contributed by atoms with Gasteiger partial charge >= 0.3 is 0 Å². The molecule has 0 spiro atoms. The molecule has 0 atom stereocenters. The van der Waals surface area contributed by atoms with Crippen molar-refractivity contribution < 1.29 is 14.0 Å². The standard InChI is InChI=1S/C21H11Cl4NO3S/c22-12-2-5-15(23)14(8-12)18-6-3-13(29-18)9-19-20(27)26(21(28)30-19)10-11-1-4-16(24)17(25)7-11/h1-9H,10H2/b19-9+. The highest BCUT2D eigenvalue weighted by atomic mass is 35.5. The van der Waals surface area contributed by atoms with Gasteiger partial charge in [-0.3, -0.25) is 14.5 Å². The average molecular weight is 499 g/mol. The van der Waals surface area contributed by atoms with Gasteiger partial charge in [0.25, 0.3) is 11.1 Å². The van der Waals surface area contributed by atoms with Gasteiger partial charge in [-0.2, -0.15) is 0 Å². The van der Waals surface area contributed by atoms with E-state index >= 15 is 0 Å². The van der Waals surface area contributed by atoms with Gasteiger partial charge in [0.15, 0.2) is 0 Å². The van der Waals surface area contributed by atoms with Crippen LogP contribution in [0.2, 0.25) is 20.1 Å². The molecule has 4 rings (SSSR count). The third-order valence-electron chi connectivity index (χ3n) is 4.29. The Balaban J connectivity index is 1.56. The summed E-state index contributed by atoms with van der Waals surface area (Å²) in [6.45, 7) is 0.0976. The first-order chi connectivity index (χ1) is 14.3. The highest BCUT2D eigenvalue weighted by Crippen LogP contribution is 2.36. The third kappa shape index (κ3) is 4.41. The van der Waals surface area contributed by atoms with Gasteiger partial charge in [-0.25, -0.2) is 0 Å². The lowest BCUT2D eigenvalue weighted by Gasteiger charge is -2.12. The van der Waals surface area contributed by atoms with Gasteiger partial charge in [0.05, 0.1) is 26.5 Å². The van der Waals surface area contributed by atoms with E-state index in [1.165, 1.54) is 6.08 Å². The Kier molecular flexibility index (Phi) is 6.19. The van der Waals surface area contributed by atoms with Crippen molar-refractivity contribution >= 4 is 75.4 Å². The molecular formula is C21H11Cl4NO3S. The van der Waals surface area contributed by atoms with Crippen molar-refractivity contribution in [2.75, 3.05) is 0 Å². The van der Waals surface area contributed by atoms with Gasteiger partial charge in [0, 0.05) is 16.7 Å². The molecule has 1 fully saturated rings. The summed E-state index contributed by atoms with van der Waals surface area (Å²) in [4.78, 5) is 26.5. The van der Waals surface area contributed by atoms with Gasteiger partial charge in [-0.1, -0.05) is 52.5 Å². The highest BCUT2D eigenvalue weighted by Gasteiger charge is 2.35. The summed E-state index contributed by atoms with van der Waals surface area (Å²) in [6, 6.07) is 13.4. The van der Waals surface area contributed by atoms with Crippen LogP contribution < -0.4 is 0 Å². The van der Waals surface area contributed by atoms with Gasteiger partial charge in [0.2, 0.25) is 0 Å². The first-order valence-electron chi connectivity index (χ1n) is 8.56. The lowest BCUT2D eigenvalue weighted by Crippen LogP contribution is -2.27. The molecule has 0 radical (unpaired) electrons. The van der Waals surface area contributed by atoms with Crippen LogP contribution >= 0.6 is 58.2 Å². The minimum atomic E-state index is -0.408. The summed E-state index contributed by atoms with van der Waals surface area (Å²) in [5, 5.41) is 1.40. The van der Waals surface area contributed by atoms with Gasteiger partial charge in [-0.05, 0) is 59.8 Å². The average Bonchev–Trinajstić information content (AvgIpc) is 3.27. The Morgan fingerprint density at radius 3 is 2.43 bits per heavy atom. The van der Waals surface area contributed by atoms with Crippen LogP contribution in [0.5, 0.6) is 0 Å². The fourth-order valence-corrected chi connectivity index (χ4v) is 4.37. The normalized spacial score (nSPS) is 15.5. The van der Waals surface area contributed by atoms with Crippen LogP contribution in [-0.2, 0) is 11.3 Å². The molecule has 30 heavy (non-hydrogen) atoms. The number of amides is 2. The Hall–Kier alpha value is -1.89. The van der Waals surface area contributed by atoms with E-state index in [9.17, 15) is 9.59 Å². The van der Waals surface area contributed by atoms with E-state index in [-0.39, 0.29) is 16.7 Å². The number of rotatable bonds is 4. The van der Waals surface area contributed by atoms with Crippen LogP contribution in [0.15, 0.2) is 57.9 Å². The summed E-state index contributed by atoms with van der Waals surface area (Å²) in [6.07, 6.45) is 1.53. The molecule has 152 valence electrons. The summed E-state index contributed by atoms with van der Waals surface area (Å²) in [5.41, 5.74) is 1.33. The molecule has 2 amide bonds. The molecule has 1 aliphatic heterocycles. The quantitative estimate of drug-likeness (QED) is 0.344. The smallest absolute Gasteiger partial charge is 0.293 e. The second-order valence-electron chi connectivity index (χ2n) is 6.34. The molecule has 0 bridgehead atoms. The molecule has 1 saturated heterocycles. The monoisotopic (exact) mass is 497 g/mol. The first-order valence-corrected chi connectivity index (χ1v) is 10.9. The summed E-state index contributed by atoms with van der Waals surface area (Å²) in [5.74, 6) is 0.514. The molecule has 9 heteroatoms. The maximum Gasteiger partial charge on any atom is 0.293 e. The number of thioether (sulfide) groups is 1. The zero-order chi connectivity index (χ0) is 21.4. The van der Waals surface area contributed by atoms with Gasteiger partial charge in [0.1, 0.15) is 11.5 Å². The maximum absolute atomic E-state index is 12.7. The van der Waals surface area contributed by atoms with E-state index in [1.54, 1.807) is 48.5 Å². The zero-order valence-electron chi connectivity index (χ0n) is 15.0. The number of furan rings is 1. The minimum Gasteiger partial charge on any atom is -0.457 e. The molecule has 0 N–H and O–H groups in total. The molecule has 0 saturated carbocycles. The van der Waals surface area contributed by atoms with Crippen LogP contribution in [0, 0.1) is 0 Å². The number of carbonyl (C=O) groups is 2. The Labute approximate surface area is 196 Å². The topological polar surface area (TPSA) is 50.5 Å². The Morgan fingerprint density at radius 2 is 1.67 bits per heavy atom. The Bertz CT molecular complexity index is 1200. The van der Waals surface area contributed by atoms with E-state index in [0.717, 1.165) is 16.7 Å². The predicted octanol–water partition coefficient (Wildman–Crippen LogP) is 7.80. The van der Waals surface area contributed by atoms with E-state index in [2.05, 4.69) is 0 Å². The molecule has 1 aliphatic rings. The molecule has 3 aromatic rings. The van der Waals surface area contributed by atoms with Crippen LogP contribution in [0.25, 0.3) is 17.4 Å². The molecule has 0 unspecified atom stereocenters. The molecule has 2 heterocycles. The highest BCUT2D eigenvalue weighted by molar-refractivity contribution is 8.18. The molecule has 0 aliphatic carbocycles. The second kappa shape index (κ2) is 8.69. The minimum absolute atomic E-state index is 0.0976. The van der Waals surface area contributed by atoms with Crippen LogP contribution in [0.4, 0.5) is 4.79 Å².